The molecule has 136 valence electrons. The second kappa shape index (κ2) is 9.85. The summed E-state index contributed by atoms with van der Waals surface area (Å²) in [6.45, 7) is 4.44. The van der Waals surface area contributed by atoms with E-state index in [1.807, 2.05) is 61.7 Å². The van der Waals surface area contributed by atoms with Crippen molar-refractivity contribution in [1.29, 1.82) is 0 Å². The Morgan fingerprint density at radius 2 is 2.04 bits per heavy atom. The number of benzene rings is 1. The zero-order valence-electron chi connectivity index (χ0n) is 15.4. The number of carbonyl (C=O) groups excluding carboxylic acids is 1. The molecule has 0 saturated heterocycles. The van der Waals surface area contributed by atoms with E-state index in [2.05, 4.69) is 16.4 Å². The molecular weight excluding hydrogens is 342 g/mol. The van der Waals surface area contributed by atoms with E-state index in [9.17, 15) is 4.79 Å². The maximum atomic E-state index is 12.6. The van der Waals surface area contributed by atoms with E-state index in [0.717, 1.165) is 16.0 Å². The summed E-state index contributed by atoms with van der Waals surface area (Å²) < 4.78 is 0. The van der Waals surface area contributed by atoms with Gasteiger partial charge in [0.15, 0.2) is 0 Å². The number of nitrogens with zero attached hydrogens (tertiary/aromatic N) is 1. The minimum Gasteiger partial charge on any atom is -0.344 e. The molecule has 0 spiro atoms. The monoisotopic (exact) mass is 367 g/mol. The molecule has 1 heterocycles. The lowest BCUT2D eigenvalue weighted by Gasteiger charge is -2.16. The molecule has 0 aliphatic heterocycles. The highest BCUT2D eigenvalue weighted by Gasteiger charge is 2.16. The minimum atomic E-state index is -0.202. The van der Waals surface area contributed by atoms with Crippen LogP contribution in [0.1, 0.15) is 40.7 Å². The highest BCUT2D eigenvalue weighted by molar-refractivity contribution is 7.11. The second-order valence-electron chi connectivity index (χ2n) is 6.12. The average Bonchev–Trinajstić information content (AvgIpc) is 3.13. The fraction of sp³-hybridized carbons (Fsp3) is 0.238. The van der Waals surface area contributed by atoms with Gasteiger partial charge in [-0.05, 0) is 37.1 Å². The van der Waals surface area contributed by atoms with Crippen molar-refractivity contribution in [2.75, 3.05) is 13.6 Å². The zero-order valence-corrected chi connectivity index (χ0v) is 16.2. The SMILES string of the molecule is CN=C/C=C(\C=C(C)C)c1cc(C(=O)NC(CN)c2ccccc2)cs1. The summed E-state index contributed by atoms with van der Waals surface area (Å²) in [5.41, 5.74) is 9.72. The first kappa shape index (κ1) is 19.8. The fourth-order valence-corrected chi connectivity index (χ4v) is 3.37. The Labute approximate surface area is 159 Å². The molecule has 26 heavy (non-hydrogen) atoms. The standard InChI is InChI=1S/C21H25N3OS/c1-15(2)11-17(9-10-23-3)20-12-18(14-26-20)21(25)24-19(13-22)16-7-5-4-6-8-16/h4-12,14,19H,13,22H2,1-3H3,(H,24,25)/b17-9+,23-10?. The molecule has 1 atom stereocenters. The third-order valence-corrected chi connectivity index (χ3v) is 4.72. The van der Waals surface area contributed by atoms with Gasteiger partial charge < -0.3 is 11.1 Å². The maximum absolute atomic E-state index is 12.6. The molecule has 0 fully saturated rings. The molecule has 0 aliphatic rings. The van der Waals surface area contributed by atoms with E-state index >= 15 is 0 Å². The predicted octanol–water partition coefficient (Wildman–Crippen LogP) is 4.23. The highest BCUT2D eigenvalue weighted by atomic mass is 32.1. The molecule has 2 rings (SSSR count). The Morgan fingerprint density at radius 1 is 1.31 bits per heavy atom. The topological polar surface area (TPSA) is 67.5 Å². The summed E-state index contributed by atoms with van der Waals surface area (Å²) in [6.07, 6.45) is 5.79. The van der Waals surface area contributed by atoms with Crippen molar-refractivity contribution >= 4 is 29.0 Å². The third kappa shape index (κ3) is 5.51. The van der Waals surface area contributed by atoms with Crippen LogP contribution < -0.4 is 11.1 Å². The lowest BCUT2D eigenvalue weighted by atomic mass is 10.1. The van der Waals surface area contributed by atoms with Gasteiger partial charge in [-0.3, -0.25) is 9.79 Å². The quantitative estimate of drug-likeness (QED) is 0.568. The second-order valence-corrected chi connectivity index (χ2v) is 7.03. The number of aliphatic imine (C=N–C) groups is 1. The molecule has 1 aromatic carbocycles. The summed E-state index contributed by atoms with van der Waals surface area (Å²) in [7, 11) is 1.74. The molecule has 1 aromatic heterocycles. The van der Waals surface area contributed by atoms with Crippen molar-refractivity contribution in [2.45, 2.75) is 19.9 Å². The Balaban J connectivity index is 2.19. The lowest BCUT2D eigenvalue weighted by Crippen LogP contribution is -2.33. The molecule has 2 aromatic rings. The Bertz CT molecular complexity index is 815. The molecule has 1 unspecified atom stereocenters. The van der Waals surface area contributed by atoms with Crippen molar-refractivity contribution < 1.29 is 4.79 Å². The molecule has 0 saturated carbocycles. The summed E-state index contributed by atoms with van der Waals surface area (Å²) in [5, 5.41) is 4.89. The van der Waals surface area contributed by atoms with E-state index in [1.165, 1.54) is 5.57 Å². The predicted molar refractivity (Wildman–Crippen MR) is 112 cm³/mol. The zero-order chi connectivity index (χ0) is 18.9. The Morgan fingerprint density at radius 3 is 2.65 bits per heavy atom. The Kier molecular flexibility index (Phi) is 7.51. The number of rotatable bonds is 7. The number of amides is 1. The molecule has 0 radical (unpaired) electrons. The third-order valence-electron chi connectivity index (χ3n) is 3.74. The van der Waals surface area contributed by atoms with Gasteiger partial charge in [0.1, 0.15) is 0 Å². The number of nitrogens with one attached hydrogen (secondary N) is 1. The van der Waals surface area contributed by atoms with E-state index in [0.29, 0.717) is 12.1 Å². The van der Waals surface area contributed by atoms with Crippen LogP contribution in [0.25, 0.3) is 5.57 Å². The van der Waals surface area contributed by atoms with Gasteiger partial charge in [-0.1, -0.05) is 42.0 Å². The van der Waals surface area contributed by atoms with Crippen molar-refractivity contribution in [3.8, 4) is 0 Å². The van der Waals surface area contributed by atoms with Crippen LogP contribution in [0.2, 0.25) is 0 Å². The van der Waals surface area contributed by atoms with Crippen molar-refractivity contribution in [2.24, 2.45) is 10.7 Å². The normalized spacial score (nSPS) is 12.8. The van der Waals surface area contributed by atoms with E-state index in [-0.39, 0.29) is 11.9 Å². The van der Waals surface area contributed by atoms with Gasteiger partial charge in [0.2, 0.25) is 0 Å². The highest BCUT2D eigenvalue weighted by Crippen LogP contribution is 2.25. The smallest absolute Gasteiger partial charge is 0.252 e. The van der Waals surface area contributed by atoms with Gasteiger partial charge in [-0.15, -0.1) is 11.3 Å². The van der Waals surface area contributed by atoms with Crippen LogP contribution in [0.4, 0.5) is 0 Å². The van der Waals surface area contributed by atoms with E-state index in [1.54, 1.807) is 24.6 Å². The van der Waals surface area contributed by atoms with E-state index < -0.39 is 0 Å². The fourth-order valence-electron chi connectivity index (χ4n) is 2.48. The van der Waals surface area contributed by atoms with Gasteiger partial charge in [-0.2, -0.15) is 0 Å². The number of hydrogen-bond donors (Lipinski definition) is 2. The molecule has 5 heteroatoms. The molecule has 0 aliphatic carbocycles. The summed E-state index contributed by atoms with van der Waals surface area (Å²) >= 11 is 1.54. The van der Waals surface area contributed by atoms with Crippen molar-refractivity contribution in [3.63, 3.8) is 0 Å². The van der Waals surface area contributed by atoms with Crippen LogP contribution in [0, 0.1) is 0 Å². The summed E-state index contributed by atoms with van der Waals surface area (Å²) in [4.78, 5) is 17.7. The van der Waals surface area contributed by atoms with Crippen molar-refractivity contribution in [3.05, 3.63) is 75.5 Å². The summed E-state index contributed by atoms with van der Waals surface area (Å²) in [5.74, 6) is -0.118. The van der Waals surface area contributed by atoms with Gasteiger partial charge in [0.25, 0.3) is 5.91 Å². The summed E-state index contributed by atoms with van der Waals surface area (Å²) in [6, 6.07) is 11.5. The Hall–Kier alpha value is -2.50. The molecule has 3 N–H and O–H groups in total. The number of thiophene rings is 1. The first-order valence-electron chi connectivity index (χ1n) is 8.47. The minimum absolute atomic E-state index is 0.118. The number of carbonyl (C=O) groups is 1. The van der Waals surface area contributed by atoms with Gasteiger partial charge in [0, 0.05) is 30.1 Å². The average molecular weight is 368 g/mol. The van der Waals surface area contributed by atoms with Crippen LogP contribution >= 0.6 is 11.3 Å². The largest absolute Gasteiger partial charge is 0.344 e. The van der Waals surface area contributed by atoms with E-state index in [4.69, 9.17) is 5.73 Å². The molecular formula is C21H25N3OS. The molecule has 1 amide bonds. The number of nitrogens with two attached hydrogens (primary N) is 1. The van der Waals surface area contributed by atoms with Crippen LogP contribution in [-0.4, -0.2) is 25.7 Å². The lowest BCUT2D eigenvalue weighted by molar-refractivity contribution is 0.0938. The van der Waals surface area contributed by atoms with Gasteiger partial charge in [-0.25, -0.2) is 0 Å². The first-order chi connectivity index (χ1) is 12.5. The van der Waals surface area contributed by atoms with Crippen LogP contribution in [0.3, 0.4) is 0 Å². The van der Waals surface area contributed by atoms with Crippen molar-refractivity contribution in [1.82, 2.24) is 5.32 Å². The first-order valence-corrected chi connectivity index (χ1v) is 9.35. The maximum Gasteiger partial charge on any atom is 0.252 e. The number of allylic oxidation sites excluding steroid dienone is 4. The van der Waals surface area contributed by atoms with Gasteiger partial charge in [0.05, 0.1) is 11.6 Å². The van der Waals surface area contributed by atoms with Gasteiger partial charge >= 0.3 is 0 Å². The number of hydrogen-bond acceptors (Lipinski definition) is 4. The molecule has 0 bridgehead atoms. The van der Waals surface area contributed by atoms with Crippen LogP contribution in [0.15, 0.2) is 64.5 Å². The molecule has 4 nitrogen and oxygen atoms in total. The van der Waals surface area contributed by atoms with Crippen LogP contribution in [0.5, 0.6) is 0 Å². The van der Waals surface area contributed by atoms with Crippen LogP contribution in [-0.2, 0) is 0 Å².